The zero-order valence-electron chi connectivity index (χ0n) is 7.03. The first kappa shape index (κ1) is 12.5. The predicted molar refractivity (Wildman–Crippen MR) is 56.5 cm³/mol. The van der Waals surface area contributed by atoms with Gasteiger partial charge in [-0.1, -0.05) is 6.07 Å². The Labute approximate surface area is 100 Å². The Hall–Kier alpha value is -0.560. The first-order valence-electron chi connectivity index (χ1n) is 3.64. The third-order valence-electron chi connectivity index (χ3n) is 1.46. The van der Waals surface area contributed by atoms with Crippen molar-refractivity contribution in [3.63, 3.8) is 0 Å². The van der Waals surface area contributed by atoms with Crippen molar-refractivity contribution in [1.82, 2.24) is 0 Å². The topological polar surface area (TPSA) is 29.1 Å². The fourth-order valence-corrected chi connectivity index (χ4v) is 1.52. The molecule has 0 saturated heterocycles. The number of hydrogen-bond acceptors (Lipinski definition) is 1. The number of amides is 1. The molecule has 1 amide bonds. The summed E-state index contributed by atoms with van der Waals surface area (Å²) in [5.74, 6) is -2.00. The molecule has 0 spiro atoms. The van der Waals surface area contributed by atoms with Gasteiger partial charge in [-0.05, 0) is 44.0 Å². The highest BCUT2D eigenvalue weighted by molar-refractivity contribution is 9.13. The molecule has 15 heavy (non-hydrogen) atoms. The average molecular weight is 347 g/mol. The van der Waals surface area contributed by atoms with Gasteiger partial charge in [0.1, 0.15) is 0 Å². The van der Waals surface area contributed by atoms with Gasteiger partial charge in [0.2, 0.25) is 0 Å². The maximum atomic E-state index is 11.9. The molecular weight excluding hydrogens is 343 g/mol. The molecule has 0 unspecified atom stereocenters. The van der Waals surface area contributed by atoms with Gasteiger partial charge in [-0.15, -0.1) is 0 Å². The van der Waals surface area contributed by atoms with Crippen LogP contribution in [0.2, 0.25) is 0 Å². The van der Waals surface area contributed by atoms with E-state index in [0.29, 0.717) is 8.95 Å². The van der Waals surface area contributed by atoms with E-state index in [9.17, 15) is 18.0 Å². The number of alkyl halides is 3. The molecule has 2 nitrogen and oxygen atoms in total. The van der Waals surface area contributed by atoms with E-state index in [2.05, 4.69) is 31.9 Å². The van der Waals surface area contributed by atoms with Crippen molar-refractivity contribution in [2.75, 3.05) is 5.32 Å². The molecule has 0 heterocycles. The molecule has 82 valence electrons. The van der Waals surface area contributed by atoms with Crippen molar-refractivity contribution >= 4 is 43.5 Å². The molecule has 1 rings (SSSR count). The minimum Gasteiger partial charge on any atom is -0.317 e. The van der Waals surface area contributed by atoms with Gasteiger partial charge >= 0.3 is 12.1 Å². The molecule has 0 radical (unpaired) electrons. The van der Waals surface area contributed by atoms with E-state index in [1.54, 1.807) is 11.4 Å². The molecule has 1 aromatic rings. The van der Waals surface area contributed by atoms with Crippen LogP contribution in [-0.2, 0) is 4.79 Å². The number of rotatable bonds is 1. The van der Waals surface area contributed by atoms with Gasteiger partial charge in [-0.2, -0.15) is 13.2 Å². The first-order chi connectivity index (χ1) is 6.82. The van der Waals surface area contributed by atoms with Gasteiger partial charge < -0.3 is 5.32 Å². The predicted octanol–water partition coefficient (Wildman–Crippen LogP) is 3.71. The fraction of sp³-hybridized carbons (Fsp3) is 0.125. The molecule has 0 bridgehead atoms. The number of hydrogen-bond donors (Lipinski definition) is 1. The van der Waals surface area contributed by atoms with Crippen molar-refractivity contribution in [3.05, 3.63) is 27.1 Å². The Balaban J connectivity index is 2.91. The second kappa shape index (κ2) is 4.52. The fourth-order valence-electron chi connectivity index (χ4n) is 0.794. The van der Waals surface area contributed by atoms with Crippen molar-refractivity contribution in [3.8, 4) is 0 Å². The number of carbonyl (C=O) groups is 1. The SMILES string of the molecule is O=C(Nc1cccc(Br)c1Br)C(F)(F)F. The highest BCUT2D eigenvalue weighted by atomic mass is 79.9. The van der Waals surface area contributed by atoms with Crippen molar-refractivity contribution in [2.45, 2.75) is 6.18 Å². The lowest BCUT2D eigenvalue weighted by Crippen LogP contribution is -2.30. The van der Waals surface area contributed by atoms with Gasteiger partial charge in [-0.3, -0.25) is 4.79 Å². The van der Waals surface area contributed by atoms with E-state index in [0.717, 1.165) is 0 Å². The zero-order valence-corrected chi connectivity index (χ0v) is 10.2. The van der Waals surface area contributed by atoms with Gasteiger partial charge in [0, 0.05) is 4.47 Å². The molecule has 1 N–H and O–H groups in total. The van der Waals surface area contributed by atoms with Crippen LogP contribution in [0.5, 0.6) is 0 Å². The minimum atomic E-state index is -4.89. The van der Waals surface area contributed by atoms with Crippen LogP contribution in [0.1, 0.15) is 0 Å². The lowest BCUT2D eigenvalue weighted by Gasteiger charge is -2.10. The van der Waals surface area contributed by atoms with Gasteiger partial charge in [-0.25, -0.2) is 0 Å². The van der Waals surface area contributed by atoms with Crippen LogP contribution >= 0.6 is 31.9 Å². The van der Waals surface area contributed by atoms with Crippen LogP contribution in [0.3, 0.4) is 0 Å². The Morgan fingerprint density at radius 1 is 1.27 bits per heavy atom. The third-order valence-corrected chi connectivity index (χ3v) is 3.50. The van der Waals surface area contributed by atoms with Gasteiger partial charge in [0.05, 0.1) is 10.2 Å². The highest BCUT2D eigenvalue weighted by Crippen LogP contribution is 2.31. The summed E-state index contributed by atoms with van der Waals surface area (Å²) in [5.41, 5.74) is 0.0618. The summed E-state index contributed by atoms with van der Waals surface area (Å²) in [4.78, 5) is 10.6. The number of nitrogens with one attached hydrogen (secondary N) is 1. The summed E-state index contributed by atoms with van der Waals surface area (Å²) in [5, 5.41) is 1.75. The second-order valence-electron chi connectivity index (χ2n) is 2.55. The maximum Gasteiger partial charge on any atom is 0.471 e. The summed E-state index contributed by atoms with van der Waals surface area (Å²) in [7, 11) is 0. The Morgan fingerprint density at radius 3 is 2.40 bits per heavy atom. The Bertz CT molecular complexity index is 392. The largest absolute Gasteiger partial charge is 0.471 e. The number of carbonyl (C=O) groups excluding carboxylic acids is 1. The number of anilines is 1. The molecule has 0 aromatic heterocycles. The van der Waals surface area contributed by atoms with E-state index in [1.807, 2.05) is 0 Å². The molecule has 0 aliphatic heterocycles. The second-order valence-corrected chi connectivity index (χ2v) is 4.20. The molecule has 0 aliphatic rings. The average Bonchev–Trinajstić information content (AvgIpc) is 2.11. The normalized spacial score (nSPS) is 11.3. The lowest BCUT2D eigenvalue weighted by atomic mass is 10.3. The van der Waals surface area contributed by atoms with E-state index in [1.165, 1.54) is 12.1 Å². The zero-order chi connectivity index (χ0) is 11.6. The summed E-state index contributed by atoms with van der Waals surface area (Å²) in [6.07, 6.45) is -4.89. The third kappa shape index (κ3) is 3.20. The molecule has 0 aliphatic carbocycles. The van der Waals surface area contributed by atoms with Crippen LogP contribution in [0.4, 0.5) is 18.9 Å². The van der Waals surface area contributed by atoms with Crippen LogP contribution < -0.4 is 5.32 Å². The maximum absolute atomic E-state index is 11.9. The first-order valence-corrected chi connectivity index (χ1v) is 5.23. The Morgan fingerprint density at radius 2 is 1.87 bits per heavy atom. The van der Waals surface area contributed by atoms with Gasteiger partial charge in [0.25, 0.3) is 0 Å². The summed E-state index contributed by atoms with van der Waals surface area (Å²) in [6.45, 7) is 0. The summed E-state index contributed by atoms with van der Waals surface area (Å²) in [6, 6.07) is 4.51. The smallest absolute Gasteiger partial charge is 0.317 e. The van der Waals surface area contributed by atoms with E-state index < -0.39 is 12.1 Å². The number of benzene rings is 1. The molecule has 7 heteroatoms. The molecule has 0 atom stereocenters. The van der Waals surface area contributed by atoms with Crippen LogP contribution in [0.25, 0.3) is 0 Å². The van der Waals surface area contributed by atoms with Crippen LogP contribution in [0.15, 0.2) is 27.1 Å². The standard InChI is InChI=1S/C8H4Br2F3NO/c9-4-2-1-3-5(6(4)10)14-7(15)8(11,12)13/h1-3H,(H,14,15). The van der Waals surface area contributed by atoms with Crippen LogP contribution in [0, 0.1) is 0 Å². The Kier molecular flexibility index (Phi) is 3.77. The highest BCUT2D eigenvalue weighted by Gasteiger charge is 2.38. The molecular formula is C8H4Br2F3NO. The van der Waals surface area contributed by atoms with E-state index in [4.69, 9.17) is 0 Å². The monoisotopic (exact) mass is 345 g/mol. The summed E-state index contributed by atoms with van der Waals surface area (Å²) >= 11 is 6.15. The van der Waals surface area contributed by atoms with Crippen molar-refractivity contribution < 1.29 is 18.0 Å². The van der Waals surface area contributed by atoms with Gasteiger partial charge in [0.15, 0.2) is 0 Å². The van der Waals surface area contributed by atoms with Crippen LogP contribution in [-0.4, -0.2) is 12.1 Å². The quantitative estimate of drug-likeness (QED) is 0.825. The van der Waals surface area contributed by atoms with E-state index in [-0.39, 0.29) is 5.69 Å². The lowest BCUT2D eigenvalue weighted by molar-refractivity contribution is -0.167. The van der Waals surface area contributed by atoms with Crippen molar-refractivity contribution in [1.29, 1.82) is 0 Å². The molecule has 0 fully saturated rings. The summed E-state index contributed by atoms with van der Waals surface area (Å²) < 4.78 is 36.7. The number of halogens is 5. The van der Waals surface area contributed by atoms with Crippen molar-refractivity contribution in [2.24, 2.45) is 0 Å². The minimum absolute atomic E-state index is 0.0618. The molecule has 1 aromatic carbocycles. The molecule has 0 saturated carbocycles. The van der Waals surface area contributed by atoms with E-state index >= 15 is 0 Å².